The Balaban J connectivity index is 1.37. The fraction of sp³-hybridized carbons (Fsp3) is 0.320. The molecule has 2 aliphatic rings. The minimum absolute atomic E-state index is 0.0112. The van der Waals surface area contributed by atoms with Crippen LogP contribution in [-0.4, -0.2) is 41.3 Å². The van der Waals surface area contributed by atoms with E-state index in [0.717, 1.165) is 50.1 Å². The summed E-state index contributed by atoms with van der Waals surface area (Å²) in [5.74, 6) is -0.167. The summed E-state index contributed by atoms with van der Waals surface area (Å²) in [6.45, 7) is 5.15. The van der Waals surface area contributed by atoms with Crippen LogP contribution in [-0.2, 0) is 13.0 Å². The predicted molar refractivity (Wildman–Crippen MR) is 128 cm³/mol. The molecule has 2 aliphatic heterocycles. The van der Waals surface area contributed by atoms with Gasteiger partial charge in [0.15, 0.2) is 0 Å². The molecule has 1 aromatic carbocycles. The molecule has 2 aromatic heterocycles. The van der Waals surface area contributed by atoms with Gasteiger partial charge >= 0.3 is 0 Å². The molecule has 32 heavy (non-hydrogen) atoms. The van der Waals surface area contributed by atoms with Crippen molar-refractivity contribution in [3.63, 3.8) is 0 Å². The number of rotatable bonds is 4. The van der Waals surface area contributed by atoms with E-state index >= 15 is 0 Å². The van der Waals surface area contributed by atoms with E-state index in [2.05, 4.69) is 26.6 Å². The quantitative estimate of drug-likeness (QED) is 0.641. The molecule has 0 bridgehead atoms. The minimum atomic E-state index is -0.178. The molecule has 164 valence electrons. The van der Waals surface area contributed by atoms with Gasteiger partial charge in [-0.2, -0.15) is 0 Å². The number of nitrogens with one attached hydrogen (secondary N) is 1. The highest BCUT2D eigenvalue weighted by molar-refractivity contribution is 7.10. The smallest absolute Gasteiger partial charge is 0.257 e. The number of amides is 2. The molecule has 7 heteroatoms. The average Bonchev–Trinajstić information content (AvgIpc) is 3.51. The van der Waals surface area contributed by atoms with Gasteiger partial charge in [0.05, 0.1) is 17.4 Å². The fourth-order valence-electron chi connectivity index (χ4n) is 4.57. The van der Waals surface area contributed by atoms with Crippen LogP contribution in [0, 0.1) is 6.92 Å². The molecule has 0 radical (unpaired) electrons. The Morgan fingerprint density at radius 1 is 1.06 bits per heavy atom. The van der Waals surface area contributed by atoms with Gasteiger partial charge in [-0.1, -0.05) is 6.07 Å². The number of benzene rings is 1. The summed E-state index contributed by atoms with van der Waals surface area (Å²) in [7, 11) is 0. The van der Waals surface area contributed by atoms with Crippen LogP contribution in [0.2, 0.25) is 0 Å². The highest BCUT2D eigenvalue weighted by atomic mass is 32.1. The lowest BCUT2D eigenvalue weighted by atomic mass is 10.0. The van der Waals surface area contributed by atoms with Crippen LogP contribution in [0.1, 0.15) is 49.6 Å². The second-order valence-electron chi connectivity index (χ2n) is 8.36. The largest absolute Gasteiger partial charge is 0.370 e. The summed E-state index contributed by atoms with van der Waals surface area (Å²) in [5, 5.41) is 5.13. The molecule has 0 unspecified atom stereocenters. The van der Waals surface area contributed by atoms with Gasteiger partial charge in [0.1, 0.15) is 0 Å². The summed E-state index contributed by atoms with van der Waals surface area (Å²) in [5.41, 5.74) is 4.81. The Morgan fingerprint density at radius 2 is 1.91 bits per heavy atom. The van der Waals surface area contributed by atoms with E-state index in [4.69, 9.17) is 0 Å². The summed E-state index contributed by atoms with van der Waals surface area (Å²) in [6.07, 6.45) is 6.57. The summed E-state index contributed by atoms with van der Waals surface area (Å²) >= 11 is 1.76. The monoisotopic (exact) mass is 446 g/mol. The van der Waals surface area contributed by atoms with Crippen molar-refractivity contribution < 1.29 is 9.59 Å². The van der Waals surface area contributed by atoms with Gasteiger partial charge in [0.2, 0.25) is 0 Å². The summed E-state index contributed by atoms with van der Waals surface area (Å²) in [4.78, 5) is 36.2. The first-order chi connectivity index (χ1) is 15.6. The predicted octanol–water partition coefficient (Wildman–Crippen LogP) is 4.50. The van der Waals surface area contributed by atoms with E-state index in [1.807, 2.05) is 30.0 Å². The SMILES string of the molecule is Cc1c(NC(=O)c2ccncc2N2CCCC2)cccc1C(=O)N1CCc2sccc2C1. The molecule has 2 amide bonds. The van der Waals surface area contributed by atoms with Crippen molar-refractivity contribution in [1.29, 1.82) is 0 Å². The third kappa shape index (κ3) is 3.88. The molecular formula is C25H26N4O2S. The van der Waals surface area contributed by atoms with Gasteiger partial charge < -0.3 is 15.1 Å². The number of carbonyl (C=O) groups excluding carboxylic acids is 2. The van der Waals surface area contributed by atoms with Gasteiger partial charge in [0, 0.05) is 48.5 Å². The molecule has 0 saturated carbocycles. The topological polar surface area (TPSA) is 65.5 Å². The minimum Gasteiger partial charge on any atom is -0.370 e. The lowest BCUT2D eigenvalue weighted by Gasteiger charge is -2.28. The van der Waals surface area contributed by atoms with E-state index in [1.54, 1.807) is 29.8 Å². The molecule has 0 atom stereocenters. The van der Waals surface area contributed by atoms with E-state index in [9.17, 15) is 9.59 Å². The number of hydrogen-bond donors (Lipinski definition) is 1. The zero-order chi connectivity index (χ0) is 22.1. The second kappa shape index (κ2) is 8.74. The summed E-state index contributed by atoms with van der Waals surface area (Å²) in [6, 6.07) is 9.41. The molecule has 0 spiro atoms. The van der Waals surface area contributed by atoms with Gasteiger partial charge in [-0.3, -0.25) is 14.6 Å². The van der Waals surface area contributed by atoms with Gasteiger partial charge in [-0.15, -0.1) is 11.3 Å². The first-order valence-corrected chi connectivity index (χ1v) is 11.9. The summed E-state index contributed by atoms with van der Waals surface area (Å²) < 4.78 is 0. The molecule has 5 rings (SSSR count). The van der Waals surface area contributed by atoms with Crippen molar-refractivity contribution >= 4 is 34.5 Å². The molecule has 3 aromatic rings. The van der Waals surface area contributed by atoms with Crippen LogP contribution in [0.4, 0.5) is 11.4 Å². The third-order valence-corrected chi connectivity index (χ3v) is 7.42. The van der Waals surface area contributed by atoms with Gasteiger partial charge in [-0.25, -0.2) is 0 Å². The zero-order valence-electron chi connectivity index (χ0n) is 18.1. The number of nitrogens with zero attached hydrogens (tertiary/aromatic N) is 3. The average molecular weight is 447 g/mol. The highest BCUT2D eigenvalue weighted by Crippen LogP contribution is 2.28. The maximum atomic E-state index is 13.3. The van der Waals surface area contributed by atoms with Crippen LogP contribution in [0.5, 0.6) is 0 Å². The van der Waals surface area contributed by atoms with Crippen molar-refractivity contribution in [2.24, 2.45) is 0 Å². The van der Waals surface area contributed by atoms with Crippen molar-refractivity contribution in [3.8, 4) is 0 Å². The number of fused-ring (bicyclic) bond motifs is 1. The molecule has 0 aliphatic carbocycles. The Morgan fingerprint density at radius 3 is 2.75 bits per heavy atom. The lowest BCUT2D eigenvalue weighted by molar-refractivity contribution is 0.0735. The van der Waals surface area contributed by atoms with Crippen molar-refractivity contribution in [2.75, 3.05) is 29.9 Å². The van der Waals surface area contributed by atoms with E-state index < -0.39 is 0 Å². The Kier molecular flexibility index (Phi) is 5.66. The maximum Gasteiger partial charge on any atom is 0.257 e. The first kappa shape index (κ1) is 20.7. The van der Waals surface area contributed by atoms with Crippen molar-refractivity contribution in [3.05, 3.63) is 75.2 Å². The first-order valence-electron chi connectivity index (χ1n) is 11.1. The molecule has 6 nitrogen and oxygen atoms in total. The van der Waals surface area contributed by atoms with Crippen LogP contribution < -0.4 is 10.2 Å². The molecule has 1 N–H and O–H groups in total. The Hall–Kier alpha value is -3.19. The third-order valence-electron chi connectivity index (χ3n) is 6.40. The number of hydrogen-bond acceptors (Lipinski definition) is 5. The Labute approximate surface area is 191 Å². The van der Waals surface area contributed by atoms with Crippen LogP contribution in [0.3, 0.4) is 0 Å². The number of thiophene rings is 1. The van der Waals surface area contributed by atoms with Crippen molar-refractivity contribution in [1.82, 2.24) is 9.88 Å². The standard InChI is InChI=1S/C25H26N4O2S/c1-17-19(25(31)29-13-8-23-18(16-29)9-14-32-23)5-4-6-21(17)27-24(30)20-7-10-26-15-22(20)28-11-2-3-12-28/h4-7,9-10,14-15H,2-3,8,11-13,16H2,1H3,(H,27,30). The van der Waals surface area contributed by atoms with E-state index in [-0.39, 0.29) is 11.8 Å². The van der Waals surface area contributed by atoms with Crippen LogP contribution in [0.15, 0.2) is 48.1 Å². The number of carbonyl (C=O) groups is 2. The van der Waals surface area contributed by atoms with Gasteiger partial charge in [0.25, 0.3) is 11.8 Å². The fourth-order valence-corrected chi connectivity index (χ4v) is 5.46. The molecule has 4 heterocycles. The molecule has 1 fully saturated rings. The second-order valence-corrected chi connectivity index (χ2v) is 9.37. The van der Waals surface area contributed by atoms with E-state index in [0.29, 0.717) is 23.4 Å². The van der Waals surface area contributed by atoms with E-state index in [1.165, 1.54) is 10.4 Å². The lowest BCUT2D eigenvalue weighted by Crippen LogP contribution is -2.35. The highest BCUT2D eigenvalue weighted by Gasteiger charge is 2.25. The number of anilines is 2. The Bertz CT molecular complexity index is 1170. The van der Waals surface area contributed by atoms with Crippen LogP contribution >= 0.6 is 11.3 Å². The van der Waals surface area contributed by atoms with Gasteiger partial charge in [-0.05, 0) is 67.0 Å². The molecular weight excluding hydrogens is 420 g/mol. The number of aromatic nitrogens is 1. The number of pyridine rings is 1. The molecule has 1 saturated heterocycles. The maximum absolute atomic E-state index is 13.3. The van der Waals surface area contributed by atoms with Crippen LogP contribution in [0.25, 0.3) is 0 Å². The normalized spacial score (nSPS) is 15.5. The van der Waals surface area contributed by atoms with Crippen molar-refractivity contribution in [2.45, 2.75) is 32.7 Å². The zero-order valence-corrected chi connectivity index (χ0v) is 19.0.